The molecule has 0 radical (unpaired) electrons. The first-order valence-corrected chi connectivity index (χ1v) is 19.2. The fraction of sp³-hybridized carbons (Fsp3) is 0.387. The molecule has 0 aliphatic carbocycles. The maximum Gasteiger partial charge on any atom is 0.250 e. The van der Waals surface area contributed by atoms with Crippen molar-refractivity contribution < 1.29 is 13.6 Å². The molecular formula is C31H40N2O3Si2. The van der Waals surface area contributed by atoms with Gasteiger partial charge in [-0.2, -0.15) is 0 Å². The Morgan fingerprint density at radius 2 is 1.16 bits per heavy atom. The quantitative estimate of drug-likeness (QED) is 0.171. The summed E-state index contributed by atoms with van der Waals surface area (Å²) in [4.78, 5) is 19.7. The Morgan fingerprint density at radius 3 is 1.66 bits per heavy atom. The van der Waals surface area contributed by atoms with Gasteiger partial charge in [0.15, 0.2) is 6.29 Å². The largest absolute Gasteiger partial charge is 0.543 e. The van der Waals surface area contributed by atoms with E-state index < -0.39 is 16.6 Å². The molecule has 200 valence electrons. The van der Waals surface area contributed by atoms with E-state index in [0.29, 0.717) is 5.56 Å². The van der Waals surface area contributed by atoms with E-state index in [-0.39, 0.29) is 10.1 Å². The molecule has 0 bridgehead atoms. The molecule has 5 nitrogen and oxygen atoms in total. The predicted octanol–water partition coefficient (Wildman–Crippen LogP) is 9.54. The highest BCUT2D eigenvalue weighted by molar-refractivity contribution is 6.75. The standard InChI is InChI=1S/C31H40N2O3Si2/c1-30(2,3)37(7,8)35-19-11-13-25-21(15-19)22-17-27-28(24(18-34)29(22)33-25)23-16-20(12-14-26(23)32-27)36-38(9,10)31(4,5)6/h11-18,32-33H,1-10H3. The molecule has 0 atom stereocenters. The minimum absolute atomic E-state index is 0.0970. The normalized spacial score (nSPS) is 13.6. The highest BCUT2D eigenvalue weighted by Crippen LogP contribution is 2.42. The number of H-pyrrole nitrogens is 2. The lowest BCUT2D eigenvalue weighted by atomic mass is 10.0. The van der Waals surface area contributed by atoms with E-state index >= 15 is 0 Å². The van der Waals surface area contributed by atoms with Crippen molar-refractivity contribution in [3.63, 3.8) is 0 Å². The summed E-state index contributed by atoms with van der Waals surface area (Å²) in [5, 5.41) is 4.20. The molecule has 5 rings (SSSR count). The summed E-state index contributed by atoms with van der Waals surface area (Å²) in [6.07, 6.45) is 0.974. The Labute approximate surface area is 227 Å². The van der Waals surface area contributed by atoms with Crippen LogP contribution in [0.3, 0.4) is 0 Å². The monoisotopic (exact) mass is 544 g/mol. The van der Waals surface area contributed by atoms with E-state index in [4.69, 9.17) is 8.85 Å². The van der Waals surface area contributed by atoms with Crippen LogP contribution in [0, 0.1) is 0 Å². The van der Waals surface area contributed by atoms with E-state index in [2.05, 4.69) is 108 Å². The van der Waals surface area contributed by atoms with Crippen molar-refractivity contribution in [2.24, 2.45) is 0 Å². The lowest BCUT2D eigenvalue weighted by Gasteiger charge is -2.36. The van der Waals surface area contributed by atoms with Gasteiger partial charge in [-0.15, -0.1) is 0 Å². The number of carbonyl (C=O) groups is 1. The van der Waals surface area contributed by atoms with Crippen molar-refractivity contribution in [2.75, 3.05) is 0 Å². The van der Waals surface area contributed by atoms with E-state index in [0.717, 1.165) is 61.4 Å². The van der Waals surface area contributed by atoms with Crippen LogP contribution in [0.4, 0.5) is 0 Å². The predicted molar refractivity (Wildman–Crippen MR) is 166 cm³/mol. The molecule has 3 aromatic carbocycles. The van der Waals surface area contributed by atoms with E-state index in [1.165, 1.54) is 0 Å². The Kier molecular flexibility index (Phi) is 5.93. The number of nitrogens with one attached hydrogen (secondary N) is 2. The van der Waals surface area contributed by atoms with Crippen molar-refractivity contribution >= 4 is 66.5 Å². The van der Waals surface area contributed by atoms with E-state index in [9.17, 15) is 4.79 Å². The smallest absolute Gasteiger partial charge is 0.250 e. The van der Waals surface area contributed by atoms with Gasteiger partial charge in [-0.05, 0) is 78.7 Å². The number of aromatic nitrogens is 2. The summed E-state index contributed by atoms with van der Waals surface area (Å²) in [6, 6.07) is 14.5. The fourth-order valence-corrected chi connectivity index (χ4v) is 6.60. The number of fused-ring (bicyclic) bond motifs is 6. The number of hydrogen-bond acceptors (Lipinski definition) is 3. The molecule has 2 N–H and O–H groups in total. The first-order valence-electron chi connectivity index (χ1n) is 13.4. The van der Waals surface area contributed by atoms with Crippen LogP contribution in [0.2, 0.25) is 36.3 Å². The summed E-state index contributed by atoms with van der Waals surface area (Å²) >= 11 is 0. The van der Waals surface area contributed by atoms with Crippen molar-refractivity contribution in [2.45, 2.75) is 77.8 Å². The minimum Gasteiger partial charge on any atom is -0.543 e. The average Bonchev–Trinajstić information content (AvgIpc) is 3.33. The first kappa shape index (κ1) is 26.6. The van der Waals surface area contributed by atoms with Crippen molar-refractivity contribution in [3.05, 3.63) is 48.0 Å². The van der Waals surface area contributed by atoms with Crippen molar-refractivity contribution in [1.82, 2.24) is 9.97 Å². The molecule has 0 fully saturated rings. The molecule has 2 aromatic heterocycles. The van der Waals surface area contributed by atoms with Gasteiger partial charge in [0.2, 0.25) is 16.6 Å². The first-order chi connectivity index (χ1) is 17.5. The molecule has 0 amide bonds. The molecule has 5 aromatic rings. The third-order valence-electron chi connectivity index (χ3n) is 8.91. The molecule has 0 unspecified atom stereocenters. The van der Waals surface area contributed by atoms with Gasteiger partial charge in [-0.25, -0.2) is 0 Å². The molecule has 38 heavy (non-hydrogen) atoms. The van der Waals surface area contributed by atoms with Crippen LogP contribution in [0.5, 0.6) is 11.5 Å². The fourth-order valence-electron chi connectivity index (χ4n) is 4.55. The van der Waals surface area contributed by atoms with Gasteiger partial charge >= 0.3 is 0 Å². The van der Waals surface area contributed by atoms with Crippen LogP contribution in [-0.4, -0.2) is 32.9 Å². The van der Waals surface area contributed by atoms with Crippen LogP contribution < -0.4 is 8.85 Å². The van der Waals surface area contributed by atoms with Crippen LogP contribution >= 0.6 is 0 Å². The zero-order valence-corrected chi connectivity index (χ0v) is 26.3. The number of benzene rings is 3. The minimum atomic E-state index is -2.00. The van der Waals surface area contributed by atoms with Gasteiger partial charge in [0, 0.05) is 43.7 Å². The maximum absolute atomic E-state index is 12.6. The third kappa shape index (κ3) is 4.26. The molecule has 7 heteroatoms. The number of rotatable bonds is 5. The maximum atomic E-state index is 12.6. The summed E-state index contributed by atoms with van der Waals surface area (Å²) in [5.74, 6) is 1.73. The van der Waals surface area contributed by atoms with Crippen molar-refractivity contribution in [3.8, 4) is 11.5 Å². The van der Waals surface area contributed by atoms with Crippen LogP contribution in [-0.2, 0) is 0 Å². The number of carbonyl (C=O) groups excluding carboxylic acids is 1. The molecule has 2 heterocycles. The Balaban J connectivity index is 1.68. The van der Waals surface area contributed by atoms with E-state index in [1.54, 1.807) is 0 Å². The van der Waals surface area contributed by atoms with Crippen LogP contribution in [0.25, 0.3) is 43.6 Å². The average molecular weight is 545 g/mol. The van der Waals surface area contributed by atoms with Gasteiger partial charge in [0.1, 0.15) is 11.5 Å². The van der Waals surface area contributed by atoms with Crippen LogP contribution in [0.1, 0.15) is 51.9 Å². The summed E-state index contributed by atoms with van der Waals surface area (Å²) < 4.78 is 13.2. The van der Waals surface area contributed by atoms with Crippen LogP contribution in [0.15, 0.2) is 42.5 Å². The summed E-state index contributed by atoms with van der Waals surface area (Å²) in [6.45, 7) is 22.5. The second kappa shape index (κ2) is 8.48. The lowest BCUT2D eigenvalue weighted by Crippen LogP contribution is -2.43. The summed E-state index contributed by atoms with van der Waals surface area (Å²) in [7, 11) is -3.98. The molecule has 0 saturated carbocycles. The van der Waals surface area contributed by atoms with E-state index in [1.807, 2.05) is 12.1 Å². The third-order valence-corrected chi connectivity index (χ3v) is 17.6. The Bertz CT molecular complexity index is 1710. The highest BCUT2D eigenvalue weighted by atomic mass is 28.4. The highest BCUT2D eigenvalue weighted by Gasteiger charge is 2.40. The molecule has 0 spiro atoms. The number of hydrogen-bond donors (Lipinski definition) is 2. The Hall–Kier alpha value is -3.04. The van der Waals surface area contributed by atoms with Gasteiger partial charge < -0.3 is 18.8 Å². The zero-order chi connectivity index (χ0) is 27.8. The second-order valence-electron chi connectivity index (χ2n) is 13.6. The lowest BCUT2D eigenvalue weighted by molar-refractivity contribution is 0.112. The number of aldehydes is 1. The van der Waals surface area contributed by atoms with Crippen molar-refractivity contribution in [1.29, 1.82) is 0 Å². The zero-order valence-electron chi connectivity index (χ0n) is 24.3. The van der Waals surface area contributed by atoms with Gasteiger partial charge in [0.25, 0.3) is 0 Å². The molecule has 0 saturated heterocycles. The second-order valence-corrected chi connectivity index (χ2v) is 23.1. The summed E-state index contributed by atoms with van der Waals surface area (Å²) in [5.41, 5.74) is 4.43. The molecular weight excluding hydrogens is 505 g/mol. The van der Waals surface area contributed by atoms with Gasteiger partial charge in [-0.1, -0.05) is 41.5 Å². The SMILES string of the molecule is CC(C)(C)[Si](C)(C)Oc1ccc2[nH]c3c(C=O)c4c(cc3c2c1)[nH]c1ccc(O[Si](C)(C)C(C)(C)C)cc14. The topological polar surface area (TPSA) is 67.1 Å². The molecule has 0 aliphatic heterocycles. The van der Waals surface area contributed by atoms with Gasteiger partial charge in [0.05, 0.1) is 5.52 Å². The molecule has 0 aliphatic rings. The number of aromatic amines is 2. The Morgan fingerprint density at radius 1 is 0.658 bits per heavy atom. The van der Waals surface area contributed by atoms with Gasteiger partial charge in [-0.3, -0.25) is 4.79 Å².